The lowest BCUT2D eigenvalue weighted by atomic mass is 10.1. The zero-order valence-electron chi connectivity index (χ0n) is 11.7. The van der Waals surface area contributed by atoms with Crippen molar-refractivity contribution in [2.75, 3.05) is 0 Å². The molecule has 0 atom stereocenters. The van der Waals surface area contributed by atoms with Crippen LogP contribution in [-0.2, 0) is 6.18 Å². The van der Waals surface area contributed by atoms with Crippen LogP contribution in [0.4, 0.5) is 27.6 Å². The molecule has 0 unspecified atom stereocenters. The Kier molecular flexibility index (Phi) is 5.07. The minimum absolute atomic E-state index is 0.144. The first-order valence-electron chi connectivity index (χ1n) is 6.23. The van der Waals surface area contributed by atoms with Crippen molar-refractivity contribution in [3.63, 3.8) is 0 Å². The second-order valence-electron chi connectivity index (χ2n) is 4.55. The molecule has 11 heteroatoms. The molecule has 0 fully saturated rings. The predicted octanol–water partition coefficient (Wildman–Crippen LogP) is 4.87. The van der Waals surface area contributed by atoms with Crippen LogP contribution in [0.15, 0.2) is 34.8 Å². The van der Waals surface area contributed by atoms with Crippen LogP contribution in [0.1, 0.15) is 15.9 Å². The maximum absolute atomic E-state index is 13.5. The maximum atomic E-state index is 13.5. The number of halogens is 6. The predicted molar refractivity (Wildman–Crippen MR) is 77.1 cm³/mol. The Morgan fingerprint density at radius 2 is 1.72 bits per heavy atom. The Balaban J connectivity index is 2.53. The average molecular weight is 426 g/mol. The van der Waals surface area contributed by atoms with Crippen molar-refractivity contribution in [2.24, 2.45) is 0 Å². The lowest BCUT2D eigenvalue weighted by Gasteiger charge is -2.11. The van der Waals surface area contributed by atoms with Crippen molar-refractivity contribution in [1.29, 1.82) is 0 Å². The molecule has 2 aromatic rings. The fourth-order valence-corrected chi connectivity index (χ4v) is 2.35. The number of esters is 1. The third-order valence-electron chi connectivity index (χ3n) is 2.91. The van der Waals surface area contributed by atoms with Gasteiger partial charge in [-0.25, -0.2) is 13.6 Å². The van der Waals surface area contributed by atoms with Crippen LogP contribution < -0.4 is 4.74 Å². The van der Waals surface area contributed by atoms with E-state index in [-0.39, 0.29) is 6.07 Å². The van der Waals surface area contributed by atoms with E-state index in [1.807, 2.05) is 0 Å². The molecule has 0 saturated carbocycles. The molecule has 132 valence electrons. The summed E-state index contributed by atoms with van der Waals surface area (Å²) in [4.78, 5) is 21.7. The van der Waals surface area contributed by atoms with Gasteiger partial charge >= 0.3 is 17.8 Å². The molecule has 0 aliphatic carbocycles. The summed E-state index contributed by atoms with van der Waals surface area (Å²) >= 11 is 2.63. The highest BCUT2D eigenvalue weighted by atomic mass is 79.9. The number of hydrogen-bond acceptors (Lipinski definition) is 4. The highest BCUT2D eigenvalue weighted by Crippen LogP contribution is 2.41. The number of nitro benzene ring substituents is 1. The van der Waals surface area contributed by atoms with E-state index in [0.717, 1.165) is 18.2 Å². The van der Waals surface area contributed by atoms with Crippen LogP contribution in [0, 0.1) is 21.7 Å². The van der Waals surface area contributed by atoms with E-state index in [1.165, 1.54) is 0 Å². The molecule has 0 bridgehead atoms. The van der Waals surface area contributed by atoms with Gasteiger partial charge < -0.3 is 4.74 Å². The minimum atomic E-state index is -4.90. The third-order valence-corrected chi connectivity index (χ3v) is 3.50. The van der Waals surface area contributed by atoms with Crippen molar-refractivity contribution in [2.45, 2.75) is 6.18 Å². The van der Waals surface area contributed by atoms with Gasteiger partial charge in [-0.1, -0.05) is 6.07 Å². The van der Waals surface area contributed by atoms with Crippen molar-refractivity contribution in [3.05, 3.63) is 67.7 Å². The van der Waals surface area contributed by atoms with E-state index in [2.05, 4.69) is 20.7 Å². The molecule has 0 saturated heterocycles. The van der Waals surface area contributed by atoms with E-state index >= 15 is 0 Å². The average Bonchev–Trinajstić information content (AvgIpc) is 2.47. The topological polar surface area (TPSA) is 69.4 Å². The van der Waals surface area contributed by atoms with Gasteiger partial charge in [0.1, 0.15) is 17.2 Å². The number of nitro groups is 1. The summed E-state index contributed by atoms with van der Waals surface area (Å²) < 4.78 is 69.3. The standard InChI is InChI=1S/C14H5BrF5NO4/c15-7-4-6(14(18,19)20)5-10(21(23)24)12(7)25-13(22)11-8(16)2-1-3-9(11)17/h1-5H. The molecule has 25 heavy (non-hydrogen) atoms. The smallest absolute Gasteiger partial charge is 0.414 e. The number of rotatable bonds is 3. The van der Waals surface area contributed by atoms with Gasteiger partial charge in [0.05, 0.1) is 15.0 Å². The molecular weight excluding hydrogens is 421 g/mol. The molecular formula is C14H5BrF5NO4. The zero-order chi connectivity index (χ0) is 18.9. The quantitative estimate of drug-likeness (QED) is 0.231. The zero-order valence-corrected chi connectivity index (χ0v) is 13.3. The van der Waals surface area contributed by atoms with Gasteiger partial charge in [-0.3, -0.25) is 10.1 Å². The minimum Gasteiger partial charge on any atom is -0.414 e. The molecule has 0 aliphatic rings. The Hall–Kier alpha value is -2.56. The lowest BCUT2D eigenvalue weighted by Crippen LogP contribution is -2.15. The van der Waals surface area contributed by atoms with Crippen LogP contribution in [0.5, 0.6) is 5.75 Å². The molecule has 0 N–H and O–H groups in total. The van der Waals surface area contributed by atoms with Crippen LogP contribution in [0.3, 0.4) is 0 Å². The Labute approximate surface area is 144 Å². The van der Waals surface area contributed by atoms with E-state index in [0.29, 0.717) is 6.07 Å². The summed E-state index contributed by atoms with van der Waals surface area (Å²) in [6.45, 7) is 0. The largest absolute Gasteiger partial charge is 0.416 e. The summed E-state index contributed by atoms with van der Waals surface area (Å²) in [5.74, 6) is -5.14. The molecule has 0 aromatic heterocycles. The Morgan fingerprint density at radius 1 is 1.16 bits per heavy atom. The number of alkyl halides is 3. The lowest BCUT2D eigenvalue weighted by molar-refractivity contribution is -0.385. The van der Waals surface area contributed by atoms with E-state index in [1.54, 1.807) is 0 Å². The molecule has 0 heterocycles. The monoisotopic (exact) mass is 425 g/mol. The summed E-state index contributed by atoms with van der Waals surface area (Å²) in [6, 6.07) is 3.04. The first-order chi connectivity index (χ1) is 11.5. The number of nitrogens with zero attached hydrogens (tertiary/aromatic N) is 1. The number of hydrogen-bond donors (Lipinski definition) is 0. The second kappa shape index (κ2) is 6.75. The van der Waals surface area contributed by atoms with Gasteiger partial charge in [0, 0.05) is 6.07 Å². The molecule has 0 aliphatic heterocycles. The summed E-state index contributed by atoms with van der Waals surface area (Å²) in [6.07, 6.45) is -4.90. The summed E-state index contributed by atoms with van der Waals surface area (Å²) in [7, 11) is 0. The van der Waals surface area contributed by atoms with Crippen LogP contribution in [0.25, 0.3) is 0 Å². The Bertz CT molecular complexity index is 849. The molecule has 0 radical (unpaired) electrons. The normalized spacial score (nSPS) is 11.3. The van der Waals surface area contributed by atoms with Gasteiger partial charge in [0.2, 0.25) is 5.75 Å². The van der Waals surface area contributed by atoms with Crippen molar-refractivity contribution >= 4 is 27.6 Å². The molecule has 5 nitrogen and oxygen atoms in total. The van der Waals surface area contributed by atoms with Crippen LogP contribution >= 0.6 is 15.9 Å². The fourth-order valence-electron chi connectivity index (χ4n) is 1.82. The molecule has 2 rings (SSSR count). The first kappa shape index (κ1) is 18.8. The van der Waals surface area contributed by atoms with Gasteiger partial charge in [-0.2, -0.15) is 13.2 Å². The van der Waals surface area contributed by atoms with Crippen molar-refractivity contribution < 1.29 is 36.4 Å². The maximum Gasteiger partial charge on any atom is 0.416 e. The highest BCUT2D eigenvalue weighted by Gasteiger charge is 2.35. The highest BCUT2D eigenvalue weighted by molar-refractivity contribution is 9.10. The van der Waals surface area contributed by atoms with Crippen molar-refractivity contribution in [1.82, 2.24) is 0 Å². The van der Waals surface area contributed by atoms with E-state index in [9.17, 15) is 36.9 Å². The van der Waals surface area contributed by atoms with Gasteiger partial charge in [-0.05, 0) is 34.1 Å². The second-order valence-corrected chi connectivity index (χ2v) is 5.40. The number of carbonyl (C=O) groups is 1. The summed E-state index contributed by atoms with van der Waals surface area (Å²) in [5, 5.41) is 11.0. The third kappa shape index (κ3) is 3.92. The van der Waals surface area contributed by atoms with Gasteiger partial charge in [-0.15, -0.1) is 0 Å². The van der Waals surface area contributed by atoms with Gasteiger partial charge in [0.15, 0.2) is 0 Å². The number of ether oxygens (including phenoxy) is 1. The number of carbonyl (C=O) groups excluding carboxylic acids is 1. The fraction of sp³-hybridized carbons (Fsp3) is 0.0714. The van der Waals surface area contributed by atoms with Crippen LogP contribution in [-0.4, -0.2) is 10.9 Å². The van der Waals surface area contributed by atoms with Crippen LogP contribution in [0.2, 0.25) is 0 Å². The van der Waals surface area contributed by atoms with Crippen molar-refractivity contribution in [3.8, 4) is 5.75 Å². The summed E-state index contributed by atoms with van der Waals surface area (Å²) in [5.41, 5.74) is -3.71. The Morgan fingerprint density at radius 3 is 2.20 bits per heavy atom. The first-order valence-corrected chi connectivity index (χ1v) is 7.03. The van der Waals surface area contributed by atoms with E-state index < -0.39 is 55.7 Å². The molecule has 0 spiro atoms. The molecule has 2 aromatic carbocycles. The SMILES string of the molecule is O=C(Oc1c(Br)cc(C(F)(F)F)cc1[N+](=O)[O-])c1c(F)cccc1F. The van der Waals surface area contributed by atoms with Gasteiger partial charge in [0.25, 0.3) is 0 Å². The van der Waals surface area contributed by atoms with E-state index in [4.69, 9.17) is 0 Å². The molecule has 0 amide bonds. The number of benzene rings is 2.